The Hall–Kier alpha value is -2.96. The lowest BCUT2D eigenvalue weighted by Crippen LogP contribution is -2.49. The molecule has 7 heteroatoms. The Kier molecular flexibility index (Phi) is 4.89. The molecule has 0 bridgehead atoms. The largest absolute Gasteiger partial charge is 0.376 e. The second kappa shape index (κ2) is 7.82. The second-order valence-electron chi connectivity index (χ2n) is 9.11. The van der Waals surface area contributed by atoms with E-state index >= 15 is 0 Å². The van der Waals surface area contributed by atoms with Crippen LogP contribution < -0.4 is 4.90 Å². The highest BCUT2D eigenvalue weighted by molar-refractivity contribution is 6.30. The fourth-order valence-corrected chi connectivity index (χ4v) is 6.03. The summed E-state index contributed by atoms with van der Waals surface area (Å²) in [6.07, 6.45) is 5.52. The highest BCUT2D eigenvalue weighted by Gasteiger charge is 2.64. The third-order valence-corrected chi connectivity index (χ3v) is 7.53. The monoisotopic (exact) mass is 462 g/mol. The Morgan fingerprint density at radius 2 is 1.85 bits per heavy atom. The number of halogens is 1. The van der Waals surface area contributed by atoms with E-state index in [4.69, 9.17) is 16.3 Å². The molecule has 6 rings (SSSR count). The van der Waals surface area contributed by atoms with Crippen molar-refractivity contribution >= 4 is 41.0 Å². The predicted molar refractivity (Wildman–Crippen MR) is 124 cm³/mol. The highest BCUT2D eigenvalue weighted by Crippen LogP contribution is 2.49. The maximum Gasteiger partial charge on any atom is 0.235 e. The molecule has 3 saturated heterocycles. The fourth-order valence-electron chi connectivity index (χ4n) is 5.85. The van der Waals surface area contributed by atoms with Crippen LogP contribution in [0.2, 0.25) is 5.02 Å². The van der Waals surface area contributed by atoms with Gasteiger partial charge in [0.2, 0.25) is 11.8 Å². The van der Waals surface area contributed by atoms with Crippen LogP contribution >= 0.6 is 11.6 Å². The van der Waals surface area contributed by atoms with Crippen molar-refractivity contribution in [3.63, 3.8) is 0 Å². The number of hydrogen-bond donors (Lipinski definition) is 0. The third kappa shape index (κ3) is 3.15. The summed E-state index contributed by atoms with van der Waals surface area (Å²) in [5, 5.41) is 0.595. The molecular weight excluding hydrogens is 440 g/mol. The Labute approximate surface area is 196 Å². The molecule has 4 aliphatic heterocycles. The number of ether oxygens (including phenoxy) is 1. The van der Waals surface area contributed by atoms with Gasteiger partial charge in [0, 0.05) is 22.9 Å². The van der Waals surface area contributed by atoms with E-state index < -0.39 is 17.9 Å². The molecule has 2 amide bonds. The molecule has 2 aromatic rings. The minimum absolute atomic E-state index is 0.124. The number of fused-ring (bicyclic) bond motifs is 5. The first-order valence-electron chi connectivity index (χ1n) is 11.4. The van der Waals surface area contributed by atoms with E-state index in [0.717, 1.165) is 24.1 Å². The molecule has 0 aromatic heterocycles. The van der Waals surface area contributed by atoms with Crippen molar-refractivity contribution in [2.75, 3.05) is 18.1 Å². The Bertz CT molecular complexity index is 1170. The van der Waals surface area contributed by atoms with Crippen LogP contribution in [0.1, 0.15) is 28.8 Å². The lowest BCUT2D eigenvalue weighted by atomic mass is 9.86. The number of benzene rings is 2. The van der Waals surface area contributed by atoms with Gasteiger partial charge < -0.3 is 9.64 Å². The number of rotatable bonds is 4. The number of nitrogens with zero attached hydrogens (tertiary/aromatic N) is 2. The smallest absolute Gasteiger partial charge is 0.235 e. The molecular formula is C26H23ClN2O4. The van der Waals surface area contributed by atoms with Crippen LogP contribution in [-0.4, -0.2) is 53.8 Å². The number of anilines is 1. The lowest BCUT2D eigenvalue weighted by Gasteiger charge is -2.36. The molecule has 6 nitrogen and oxygen atoms in total. The molecule has 0 N–H and O–H groups in total. The Balaban J connectivity index is 1.44. The molecule has 2 aromatic carbocycles. The summed E-state index contributed by atoms with van der Waals surface area (Å²) in [6.45, 7) is 0.918. The molecule has 5 atom stereocenters. The molecule has 0 aliphatic carbocycles. The van der Waals surface area contributed by atoms with Crippen molar-refractivity contribution in [3.05, 3.63) is 70.8 Å². The summed E-state index contributed by atoms with van der Waals surface area (Å²) in [5.41, 5.74) is 2.23. The Morgan fingerprint density at radius 3 is 2.61 bits per heavy atom. The normalized spacial score (nSPS) is 29.9. The molecule has 0 unspecified atom stereocenters. The van der Waals surface area contributed by atoms with E-state index in [0.29, 0.717) is 17.2 Å². The molecule has 4 aliphatic rings. The van der Waals surface area contributed by atoms with Crippen LogP contribution in [0.5, 0.6) is 0 Å². The van der Waals surface area contributed by atoms with Gasteiger partial charge in [0.15, 0.2) is 5.78 Å². The van der Waals surface area contributed by atoms with Crippen LogP contribution in [0.15, 0.2) is 54.6 Å². The number of hydrogen-bond acceptors (Lipinski definition) is 5. The zero-order valence-electron chi connectivity index (χ0n) is 17.9. The van der Waals surface area contributed by atoms with Crippen molar-refractivity contribution < 1.29 is 19.1 Å². The van der Waals surface area contributed by atoms with Crippen molar-refractivity contribution in [2.24, 2.45) is 11.8 Å². The summed E-state index contributed by atoms with van der Waals surface area (Å²) in [4.78, 5) is 44.4. The number of Topliss-reactive ketones (excluding diaryl/α,β-unsaturated/α-hetero) is 1. The van der Waals surface area contributed by atoms with Gasteiger partial charge in [-0.15, -0.1) is 0 Å². The van der Waals surface area contributed by atoms with E-state index in [1.807, 2.05) is 47.4 Å². The van der Waals surface area contributed by atoms with E-state index in [2.05, 4.69) is 0 Å². The van der Waals surface area contributed by atoms with Crippen molar-refractivity contribution in [2.45, 2.75) is 31.0 Å². The minimum atomic E-state index is -0.766. The molecule has 0 radical (unpaired) electrons. The van der Waals surface area contributed by atoms with Crippen LogP contribution in [-0.2, 0) is 14.3 Å². The number of imide groups is 1. The first kappa shape index (κ1) is 20.6. The van der Waals surface area contributed by atoms with Crippen LogP contribution in [0.3, 0.4) is 0 Å². The van der Waals surface area contributed by atoms with Gasteiger partial charge in [-0.1, -0.05) is 54.1 Å². The summed E-state index contributed by atoms with van der Waals surface area (Å²) >= 11 is 6.21. The zero-order valence-corrected chi connectivity index (χ0v) is 18.6. The van der Waals surface area contributed by atoms with Crippen LogP contribution in [0.4, 0.5) is 5.69 Å². The first-order chi connectivity index (χ1) is 16.0. The molecule has 33 heavy (non-hydrogen) atoms. The summed E-state index contributed by atoms with van der Waals surface area (Å²) in [7, 11) is 0. The van der Waals surface area contributed by atoms with Gasteiger partial charge >= 0.3 is 0 Å². The quantitative estimate of drug-likeness (QED) is 0.513. The summed E-state index contributed by atoms with van der Waals surface area (Å²) < 4.78 is 5.69. The number of carbonyl (C=O) groups excluding carboxylic acids is 3. The zero-order chi connectivity index (χ0) is 22.7. The van der Waals surface area contributed by atoms with Gasteiger partial charge in [-0.25, -0.2) is 0 Å². The standard InChI is InChI=1S/C26H23ClN2O4/c27-17-9-11-19-16(13-17)8-10-20-21-22(23(29(19)20)24(30)15-5-2-1-3-6-15)26(32)28(25(21)31)14-18-7-4-12-33-18/h1-3,5-6,8-11,13,18,20-23H,4,7,12,14H2/t18-,20+,21+,22-,23-/m0/s1. The average molecular weight is 463 g/mol. The fraction of sp³-hybridized carbons (Fsp3) is 0.346. The molecule has 168 valence electrons. The SMILES string of the molecule is O=C(c1ccccc1)[C@@H]1[C@H]2C(=O)N(C[C@@H]3CCCO3)C(=O)[C@@H]2[C@H]2C=Cc3cc(Cl)ccc3N21. The molecule has 0 saturated carbocycles. The topological polar surface area (TPSA) is 66.9 Å². The lowest BCUT2D eigenvalue weighted by molar-refractivity contribution is -0.142. The predicted octanol–water partition coefficient (Wildman–Crippen LogP) is 3.59. The van der Waals surface area contributed by atoms with Crippen molar-refractivity contribution in [3.8, 4) is 0 Å². The second-order valence-corrected chi connectivity index (χ2v) is 9.55. The molecule has 3 fully saturated rings. The maximum atomic E-state index is 13.8. The van der Waals surface area contributed by atoms with Gasteiger partial charge in [-0.2, -0.15) is 0 Å². The van der Waals surface area contributed by atoms with Crippen molar-refractivity contribution in [1.29, 1.82) is 0 Å². The van der Waals surface area contributed by atoms with Gasteiger partial charge in [-0.05, 0) is 36.6 Å². The number of ketones is 1. The number of carbonyl (C=O) groups is 3. The van der Waals surface area contributed by atoms with Crippen molar-refractivity contribution in [1.82, 2.24) is 4.90 Å². The maximum absolute atomic E-state index is 13.8. The molecule has 4 heterocycles. The molecule has 0 spiro atoms. The van der Waals surface area contributed by atoms with E-state index in [-0.39, 0.29) is 36.3 Å². The van der Waals surface area contributed by atoms with Gasteiger partial charge in [0.1, 0.15) is 6.04 Å². The highest BCUT2D eigenvalue weighted by atomic mass is 35.5. The van der Waals surface area contributed by atoms with E-state index in [9.17, 15) is 14.4 Å². The Morgan fingerprint density at radius 1 is 1.06 bits per heavy atom. The summed E-state index contributed by atoms with van der Waals surface area (Å²) in [5.74, 6) is -1.96. The van der Waals surface area contributed by atoms with Gasteiger partial charge in [-0.3, -0.25) is 19.3 Å². The van der Waals surface area contributed by atoms with Gasteiger partial charge in [0.25, 0.3) is 0 Å². The average Bonchev–Trinajstić information content (AvgIpc) is 3.52. The van der Waals surface area contributed by atoms with Gasteiger partial charge in [0.05, 0.1) is 30.5 Å². The third-order valence-electron chi connectivity index (χ3n) is 7.30. The van der Waals surface area contributed by atoms with Crippen LogP contribution in [0.25, 0.3) is 6.08 Å². The van der Waals surface area contributed by atoms with E-state index in [1.165, 1.54) is 4.90 Å². The summed E-state index contributed by atoms with van der Waals surface area (Å²) in [6, 6.07) is 13.4. The number of amides is 2. The minimum Gasteiger partial charge on any atom is -0.376 e. The van der Waals surface area contributed by atoms with E-state index in [1.54, 1.807) is 18.2 Å². The first-order valence-corrected chi connectivity index (χ1v) is 11.7. The van der Waals surface area contributed by atoms with Crippen LogP contribution in [0, 0.1) is 11.8 Å². The number of likely N-dealkylation sites (tertiary alicyclic amines) is 1.